The normalized spacial score (nSPS) is 8.33. The van der Waals surface area contributed by atoms with E-state index in [1.54, 1.807) is 0 Å². The maximum atomic E-state index is 10.8. The number of likely N-dealkylation sites (N-methyl/N-ethyl adjacent to an activating group) is 1. The molecule has 0 aromatic carbocycles. The Morgan fingerprint density at radius 1 is 1.42 bits per heavy atom. The molecule has 0 heterocycles. The highest BCUT2D eigenvalue weighted by Gasteiger charge is 2.01. The number of amides is 2. The quantitative estimate of drug-likeness (QED) is 0.543. The summed E-state index contributed by atoms with van der Waals surface area (Å²) in [6.07, 6.45) is 5.62. The van der Waals surface area contributed by atoms with Crippen molar-refractivity contribution in [3.8, 4) is 12.3 Å². The maximum absolute atomic E-state index is 10.8. The molecular weight excluding hydrogens is 156 g/mol. The average molecular weight is 168 g/mol. The first-order valence-electron chi connectivity index (χ1n) is 3.61. The third-order valence-electron chi connectivity index (χ3n) is 1.22. The van der Waals surface area contributed by atoms with Gasteiger partial charge in [-0.05, 0) is 0 Å². The summed E-state index contributed by atoms with van der Waals surface area (Å²) in [5.41, 5.74) is 0. The zero-order valence-corrected chi connectivity index (χ0v) is 7.02. The highest BCUT2D eigenvalue weighted by Crippen LogP contribution is 1.84. The topological polar surface area (TPSA) is 58.2 Å². The van der Waals surface area contributed by atoms with Gasteiger partial charge in [-0.3, -0.25) is 9.59 Å². The maximum Gasteiger partial charge on any atom is 0.239 e. The number of hydrogen-bond acceptors (Lipinski definition) is 2. The Kier molecular flexibility index (Phi) is 5.45. The van der Waals surface area contributed by atoms with Crippen LogP contribution < -0.4 is 10.6 Å². The number of carbonyl (C=O) groups excluding carboxylic acids is 2. The lowest BCUT2D eigenvalue weighted by molar-refractivity contribution is -0.125. The van der Waals surface area contributed by atoms with Crippen molar-refractivity contribution in [1.82, 2.24) is 10.6 Å². The predicted molar refractivity (Wildman–Crippen MR) is 45.1 cm³/mol. The van der Waals surface area contributed by atoms with E-state index in [2.05, 4.69) is 16.6 Å². The van der Waals surface area contributed by atoms with Crippen LogP contribution in [0.15, 0.2) is 0 Å². The first-order chi connectivity index (χ1) is 5.70. The average Bonchev–Trinajstić information content (AvgIpc) is 2.10. The number of terminal acetylenes is 1. The van der Waals surface area contributed by atoms with Crippen LogP contribution in [0.4, 0.5) is 0 Å². The van der Waals surface area contributed by atoms with Crippen molar-refractivity contribution < 1.29 is 9.59 Å². The summed E-state index contributed by atoms with van der Waals surface area (Å²) in [4.78, 5) is 21.5. The van der Waals surface area contributed by atoms with Crippen LogP contribution in [0.1, 0.15) is 12.8 Å². The second kappa shape index (κ2) is 6.23. The van der Waals surface area contributed by atoms with Gasteiger partial charge in [0.25, 0.3) is 0 Å². The van der Waals surface area contributed by atoms with Gasteiger partial charge in [0.05, 0.1) is 6.54 Å². The van der Waals surface area contributed by atoms with Crippen LogP contribution in [0.25, 0.3) is 0 Å². The standard InChI is InChI=1S/C8H12N2O2/c1-3-4-5-7(11)10-6-8(12)9-2/h1H,4-6H2,2H3,(H,9,12)(H,10,11). The van der Waals surface area contributed by atoms with E-state index < -0.39 is 0 Å². The van der Waals surface area contributed by atoms with Crippen molar-refractivity contribution in [3.05, 3.63) is 0 Å². The van der Waals surface area contributed by atoms with Crippen LogP contribution in [0, 0.1) is 12.3 Å². The van der Waals surface area contributed by atoms with Crippen molar-refractivity contribution in [1.29, 1.82) is 0 Å². The monoisotopic (exact) mass is 168 g/mol. The molecule has 0 aliphatic rings. The van der Waals surface area contributed by atoms with Crippen LogP contribution in [-0.4, -0.2) is 25.4 Å². The SMILES string of the molecule is C#CCCC(=O)NCC(=O)NC. The molecule has 66 valence electrons. The van der Waals surface area contributed by atoms with Crippen LogP contribution in [0.3, 0.4) is 0 Å². The van der Waals surface area contributed by atoms with Gasteiger partial charge in [0.15, 0.2) is 0 Å². The minimum atomic E-state index is -0.218. The highest BCUT2D eigenvalue weighted by molar-refractivity contribution is 5.84. The Bertz CT molecular complexity index is 206. The van der Waals surface area contributed by atoms with Gasteiger partial charge in [0.2, 0.25) is 11.8 Å². The number of hydrogen-bond donors (Lipinski definition) is 2. The van der Waals surface area contributed by atoms with E-state index in [4.69, 9.17) is 6.42 Å². The minimum Gasteiger partial charge on any atom is -0.358 e. The summed E-state index contributed by atoms with van der Waals surface area (Å²) < 4.78 is 0. The van der Waals surface area contributed by atoms with Gasteiger partial charge >= 0.3 is 0 Å². The smallest absolute Gasteiger partial charge is 0.239 e. The summed E-state index contributed by atoms with van der Waals surface area (Å²) in [5.74, 6) is 1.92. The van der Waals surface area contributed by atoms with E-state index >= 15 is 0 Å². The Hall–Kier alpha value is -1.50. The van der Waals surface area contributed by atoms with E-state index in [9.17, 15) is 9.59 Å². The van der Waals surface area contributed by atoms with Crippen LogP contribution in [0.5, 0.6) is 0 Å². The van der Waals surface area contributed by atoms with Crippen molar-refractivity contribution in [2.75, 3.05) is 13.6 Å². The molecule has 4 nitrogen and oxygen atoms in total. The molecule has 0 bridgehead atoms. The van der Waals surface area contributed by atoms with Crippen LogP contribution in [-0.2, 0) is 9.59 Å². The molecule has 0 saturated heterocycles. The fourth-order valence-corrected chi connectivity index (χ4v) is 0.541. The molecule has 0 aromatic rings. The fraction of sp³-hybridized carbons (Fsp3) is 0.500. The molecule has 0 radical (unpaired) electrons. The first-order valence-corrected chi connectivity index (χ1v) is 3.61. The number of rotatable bonds is 4. The molecule has 0 atom stereocenters. The van der Waals surface area contributed by atoms with Crippen molar-refractivity contribution in [3.63, 3.8) is 0 Å². The molecule has 0 unspecified atom stereocenters. The van der Waals surface area contributed by atoms with Crippen molar-refractivity contribution in [2.24, 2.45) is 0 Å². The Morgan fingerprint density at radius 2 is 2.08 bits per heavy atom. The summed E-state index contributed by atoms with van der Waals surface area (Å²) in [6, 6.07) is 0. The molecule has 0 aliphatic carbocycles. The zero-order valence-electron chi connectivity index (χ0n) is 7.02. The Labute approximate surface area is 71.7 Å². The summed E-state index contributed by atoms with van der Waals surface area (Å²) in [7, 11) is 1.51. The Morgan fingerprint density at radius 3 is 2.58 bits per heavy atom. The van der Waals surface area contributed by atoms with E-state index in [1.807, 2.05) is 0 Å². The molecule has 12 heavy (non-hydrogen) atoms. The van der Waals surface area contributed by atoms with Crippen LogP contribution >= 0.6 is 0 Å². The molecular formula is C8H12N2O2. The van der Waals surface area contributed by atoms with Gasteiger partial charge < -0.3 is 10.6 Å². The molecule has 0 fully saturated rings. The minimum absolute atomic E-state index is 0.0138. The third kappa shape index (κ3) is 5.30. The molecule has 0 aromatic heterocycles. The third-order valence-corrected chi connectivity index (χ3v) is 1.22. The predicted octanol–water partition coefficient (Wildman–Crippen LogP) is -0.738. The molecule has 0 spiro atoms. The lowest BCUT2D eigenvalue weighted by Gasteiger charge is -2.01. The lowest BCUT2D eigenvalue weighted by atomic mass is 10.3. The molecule has 0 rings (SSSR count). The van der Waals surface area contributed by atoms with E-state index in [0.29, 0.717) is 6.42 Å². The van der Waals surface area contributed by atoms with Gasteiger partial charge in [-0.15, -0.1) is 12.3 Å². The molecule has 2 amide bonds. The molecule has 2 N–H and O–H groups in total. The van der Waals surface area contributed by atoms with E-state index in [1.165, 1.54) is 7.05 Å². The molecule has 4 heteroatoms. The van der Waals surface area contributed by atoms with Crippen LogP contribution in [0.2, 0.25) is 0 Å². The highest BCUT2D eigenvalue weighted by atomic mass is 16.2. The van der Waals surface area contributed by atoms with Crippen molar-refractivity contribution in [2.45, 2.75) is 12.8 Å². The van der Waals surface area contributed by atoms with Gasteiger partial charge in [-0.25, -0.2) is 0 Å². The van der Waals surface area contributed by atoms with E-state index in [-0.39, 0.29) is 24.8 Å². The summed E-state index contributed by atoms with van der Waals surface area (Å²) >= 11 is 0. The van der Waals surface area contributed by atoms with Gasteiger partial charge in [0, 0.05) is 19.9 Å². The van der Waals surface area contributed by atoms with Gasteiger partial charge in [0.1, 0.15) is 0 Å². The molecule has 0 saturated carbocycles. The Balaban J connectivity index is 3.45. The van der Waals surface area contributed by atoms with Gasteiger partial charge in [-0.2, -0.15) is 0 Å². The summed E-state index contributed by atoms with van der Waals surface area (Å²) in [6.45, 7) is 0.0138. The fourth-order valence-electron chi connectivity index (χ4n) is 0.541. The van der Waals surface area contributed by atoms with E-state index in [0.717, 1.165) is 0 Å². The van der Waals surface area contributed by atoms with Gasteiger partial charge in [-0.1, -0.05) is 0 Å². The first kappa shape index (κ1) is 10.5. The largest absolute Gasteiger partial charge is 0.358 e. The van der Waals surface area contributed by atoms with Crippen molar-refractivity contribution >= 4 is 11.8 Å². The second-order valence-electron chi connectivity index (χ2n) is 2.15. The second-order valence-corrected chi connectivity index (χ2v) is 2.15. The zero-order chi connectivity index (χ0) is 9.40. The molecule has 0 aliphatic heterocycles. The number of nitrogens with one attached hydrogen (secondary N) is 2. The number of carbonyl (C=O) groups is 2. The summed E-state index contributed by atoms with van der Waals surface area (Å²) in [5, 5.41) is 4.80. The lowest BCUT2D eigenvalue weighted by Crippen LogP contribution is -2.34.